The number of nitriles is 1. The molecule has 3 N–H and O–H groups in total. The van der Waals surface area contributed by atoms with Gasteiger partial charge in [0.05, 0.1) is 40.5 Å². The lowest BCUT2D eigenvalue weighted by molar-refractivity contribution is -0.155. The number of rotatable bonds is 14. The third-order valence-electron chi connectivity index (χ3n) is 10.6. The molecule has 0 bridgehead atoms. The van der Waals surface area contributed by atoms with Gasteiger partial charge in [0.2, 0.25) is 5.91 Å². The Morgan fingerprint density at radius 3 is 2.33 bits per heavy atom. The predicted molar refractivity (Wildman–Crippen MR) is 216 cm³/mol. The zero-order valence-corrected chi connectivity index (χ0v) is 34.9. The van der Waals surface area contributed by atoms with Crippen molar-refractivity contribution in [2.45, 2.75) is 109 Å². The molecule has 3 aromatic carbocycles. The van der Waals surface area contributed by atoms with Crippen molar-refractivity contribution >= 4 is 34.5 Å². The van der Waals surface area contributed by atoms with Crippen LogP contribution in [0.3, 0.4) is 0 Å². The summed E-state index contributed by atoms with van der Waals surface area (Å²) in [5.41, 5.74) is 7.39. The van der Waals surface area contributed by atoms with Gasteiger partial charge < -0.3 is 29.7 Å². The molecule has 0 aliphatic carbocycles. The standard InChI is InChI=1S/C43H54FN5O7S/c1-41(2,3)56-38(50)17-16-35(39(46)51)49-25-33-32(40(49)52)10-9-11-36(33)55-26-28-12-14-30(22-34(28)44)43(7,47-57(53)42(4,5)6)29-18-20-48(21-19-29)31-15-13-27(24-45)37(23-31)54-8/h9-15,22-23,29,35,47H,16-21,25-26H2,1-8H3,(H2,46,51)/t35-,43?,57?/m0/s1. The summed E-state index contributed by atoms with van der Waals surface area (Å²) >= 11 is 0. The molecule has 0 radical (unpaired) electrons. The fraction of sp³-hybridized carbons (Fsp3) is 0.488. The van der Waals surface area contributed by atoms with E-state index in [4.69, 9.17) is 19.9 Å². The molecule has 306 valence electrons. The monoisotopic (exact) mass is 803 g/mol. The number of carbonyl (C=O) groups is 3. The number of hydrogen-bond donors (Lipinski definition) is 2. The van der Waals surface area contributed by atoms with Crippen LogP contribution in [-0.4, -0.2) is 63.5 Å². The van der Waals surface area contributed by atoms with E-state index in [0.29, 0.717) is 46.8 Å². The van der Waals surface area contributed by atoms with Crippen LogP contribution in [0.5, 0.6) is 11.5 Å². The average Bonchev–Trinajstić information content (AvgIpc) is 3.48. The number of anilines is 1. The number of esters is 1. The highest BCUT2D eigenvalue weighted by atomic mass is 32.2. The van der Waals surface area contributed by atoms with Crippen LogP contribution in [0.4, 0.5) is 10.1 Å². The van der Waals surface area contributed by atoms with E-state index in [1.807, 2.05) is 45.9 Å². The Hall–Kier alpha value is -5.00. The number of primary amides is 1. The first kappa shape index (κ1) is 43.1. The second kappa shape index (κ2) is 17.2. The third kappa shape index (κ3) is 9.94. The van der Waals surface area contributed by atoms with E-state index in [1.165, 1.54) is 11.0 Å². The number of nitrogens with two attached hydrogens (primary N) is 1. The molecule has 2 aliphatic heterocycles. The Bertz CT molecular complexity index is 2070. The lowest BCUT2D eigenvalue weighted by Gasteiger charge is -2.45. The van der Waals surface area contributed by atoms with Crippen molar-refractivity contribution in [3.63, 3.8) is 0 Å². The van der Waals surface area contributed by atoms with E-state index >= 15 is 4.39 Å². The van der Waals surface area contributed by atoms with Crippen molar-refractivity contribution < 1.29 is 37.2 Å². The van der Waals surface area contributed by atoms with E-state index in [9.17, 15) is 23.9 Å². The Morgan fingerprint density at radius 1 is 1.04 bits per heavy atom. The normalized spacial score (nSPS) is 16.9. The van der Waals surface area contributed by atoms with Crippen molar-refractivity contribution in [1.82, 2.24) is 9.62 Å². The van der Waals surface area contributed by atoms with Gasteiger partial charge in [-0.05, 0) is 110 Å². The number of halogens is 1. The fourth-order valence-corrected chi connectivity index (χ4v) is 8.34. The number of hydrogen-bond acceptors (Lipinski definition) is 9. The van der Waals surface area contributed by atoms with Gasteiger partial charge >= 0.3 is 5.97 Å². The Morgan fingerprint density at radius 2 is 1.74 bits per heavy atom. The quantitative estimate of drug-likeness (QED) is 0.176. The molecular weight excluding hydrogens is 750 g/mol. The zero-order valence-electron chi connectivity index (χ0n) is 34.1. The first-order valence-corrected chi connectivity index (χ1v) is 20.3. The summed E-state index contributed by atoms with van der Waals surface area (Å²) in [5.74, 6) is -1.27. The molecular formula is C43H54FN5O7S. The van der Waals surface area contributed by atoms with Crippen LogP contribution >= 0.6 is 0 Å². The maximum Gasteiger partial charge on any atom is 0.306 e. The van der Waals surface area contributed by atoms with E-state index in [0.717, 1.165) is 18.5 Å². The summed E-state index contributed by atoms with van der Waals surface area (Å²) in [6.07, 6.45) is 1.36. The molecule has 0 spiro atoms. The summed E-state index contributed by atoms with van der Waals surface area (Å²) in [7, 11) is 0.0773. The third-order valence-corrected chi connectivity index (χ3v) is 12.3. The van der Waals surface area contributed by atoms with Crippen LogP contribution < -0.4 is 24.8 Å². The highest BCUT2D eigenvalue weighted by Gasteiger charge is 2.42. The van der Waals surface area contributed by atoms with Gasteiger partial charge in [0.25, 0.3) is 5.91 Å². The molecule has 12 nitrogen and oxygen atoms in total. The fourth-order valence-electron chi connectivity index (χ4n) is 7.36. The van der Waals surface area contributed by atoms with Gasteiger partial charge in [0, 0.05) is 48.0 Å². The van der Waals surface area contributed by atoms with Gasteiger partial charge in [-0.2, -0.15) is 5.26 Å². The molecule has 1 fully saturated rings. The number of methoxy groups -OCH3 is 1. The summed E-state index contributed by atoms with van der Waals surface area (Å²) in [6.45, 7) is 14.2. The van der Waals surface area contributed by atoms with Crippen LogP contribution in [0.2, 0.25) is 0 Å². The molecule has 57 heavy (non-hydrogen) atoms. The molecule has 5 rings (SSSR count). The lowest BCUT2D eigenvalue weighted by Crippen LogP contribution is -2.53. The van der Waals surface area contributed by atoms with Gasteiger partial charge in [-0.3, -0.25) is 14.4 Å². The molecule has 2 heterocycles. The Balaban J connectivity index is 1.32. The number of nitrogens with one attached hydrogen (secondary N) is 1. The van der Waals surface area contributed by atoms with Crippen molar-refractivity contribution in [3.05, 3.63) is 88.2 Å². The molecule has 3 atom stereocenters. The van der Waals surface area contributed by atoms with Crippen LogP contribution in [0.15, 0.2) is 54.6 Å². The lowest BCUT2D eigenvalue weighted by atomic mass is 9.75. The van der Waals surface area contributed by atoms with E-state index < -0.39 is 56.5 Å². The molecule has 0 aromatic heterocycles. The minimum atomic E-state index is -1.46. The highest BCUT2D eigenvalue weighted by Crippen LogP contribution is 2.40. The number of benzene rings is 3. The van der Waals surface area contributed by atoms with Crippen molar-refractivity contribution in [2.75, 3.05) is 25.1 Å². The highest BCUT2D eigenvalue weighted by molar-refractivity contribution is 7.84. The molecule has 3 aromatic rings. The maximum atomic E-state index is 16.1. The molecule has 2 unspecified atom stereocenters. The summed E-state index contributed by atoms with van der Waals surface area (Å²) in [6, 6.07) is 16.6. The Labute approximate surface area is 337 Å². The molecule has 1 saturated heterocycles. The minimum Gasteiger partial charge on any atom is -0.495 e. The molecule has 0 saturated carbocycles. The minimum absolute atomic E-state index is 0.000312. The number of amides is 2. The number of nitrogens with zero attached hydrogens (tertiary/aromatic N) is 3. The number of piperidine rings is 1. The largest absolute Gasteiger partial charge is 0.495 e. The van der Waals surface area contributed by atoms with Crippen LogP contribution in [-0.2, 0) is 44.0 Å². The zero-order chi connectivity index (χ0) is 41.9. The molecule has 2 aliphatic rings. The topological polar surface area (TPSA) is 164 Å². The van der Waals surface area contributed by atoms with E-state index in [1.54, 1.807) is 58.2 Å². The average molecular weight is 804 g/mol. The summed E-state index contributed by atoms with van der Waals surface area (Å²) < 4.78 is 49.5. The van der Waals surface area contributed by atoms with Gasteiger partial charge in [-0.15, -0.1) is 0 Å². The summed E-state index contributed by atoms with van der Waals surface area (Å²) in [4.78, 5) is 41.9. The van der Waals surface area contributed by atoms with Crippen LogP contribution in [0, 0.1) is 23.1 Å². The smallest absolute Gasteiger partial charge is 0.306 e. The van der Waals surface area contributed by atoms with Gasteiger partial charge in [0.15, 0.2) is 0 Å². The number of fused-ring (bicyclic) bond motifs is 1. The summed E-state index contributed by atoms with van der Waals surface area (Å²) in [5, 5.41) is 9.42. The number of ether oxygens (including phenoxy) is 3. The SMILES string of the molecule is COc1cc(N2CCC(C(C)(NS(=O)C(C)(C)C)c3ccc(COc4cccc5c4CN([C@@H](CCC(=O)OC(C)(C)C)C(N)=O)C5=O)c(F)c3)CC2)ccc1C#N. The van der Waals surface area contributed by atoms with Crippen molar-refractivity contribution in [2.24, 2.45) is 11.7 Å². The van der Waals surface area contributed by atoms with Gasteiger partial charge in [-0.25, -0.2) is 13.3 Å². The Kier molecular flexibility index (Phi) is 13.0. The van der Waals surface area contributed by atoms with Crippen molar-refractivity contribution in [1.29, 1.82) is 5.26 Å². The second-order valence-electron chi connectivity index (χ2n) is 16.8. The van der Waals surface area contributed by atoms with Gasteiger partial charge in [-0.1, -0.05) is 18.2 Å². The first-order chi connectivity index (χ1) is 26.7. The molecule has 14 heteroatoms. The number of carbonyl (C=O) groups excluding carboxylic acids is 3. The van der Waals surface area contributed by atoms with E-state index in [2.05, 4.69) is 15.7 Å². The van der Waals surface area contributed by atoms with Gasteiger partial charge in [0.1, 0.15) is 41.6 Å². The van der Waals surface area contributed by atoms with E-state index in [-0.39, 0.29) is 37.5 Å². The predicted octanol–water partition coefficient (Wildman–Crippen LogP) is 6.40. The molecule has 2 amide bonds. The van der Waals surface area contributed by atoms with Crippen LogP contribution in [0.25, 0.3) is 0 Å². The first-order valence-electron chi connectivity index (χ1n) is 19.1. The van der Waals surface area contributed by atoms with Crippen LogP contribution in [0.1, 0.15) is 107 Å². The maximum absolute atomic E-state index is 16.1. The van der Waals surface area contributed by atoms with Crippen molar-refractivity contribution in [3.8, 4) is 17.6 Å². The second-order valence-corrected chi connectivity index (χ2v) is 18.8.